The number of hydrogen-bond donors (Lipinski definition) is 2. The Morgan fingerprint density at radius 2 is 1.92 bits per heavy atom. The lowest BCUT2D eigenvalue weighted by atomic mass is 9.75. The fraction of sp³-hybridized carbons (Fsp3) is 0.571. The number of hydrogen-bond acceptors (Lipinski definition) is 3. The van der Waals surface area contributed by atoms with Crippen molar-refractivity contribution >= 4 is 12.0 Å². The quantitative estimate of drug-likeness (QED) is 0.474. The molecule has 2 atom stereocenters. The second kappa shape index (κ2) is 6.58. The Kier molecular flexibility index (Phi) is 4.42. The van der Waals surface area contributed by atoms with E-state index in [0.29, 0.717) is 5.41 Å². The van der Waals surface area contributed by atoms with Crippen LogP contribution in [0.1, 0.15) is 43.2 Å². The molecule has 134 valence electrons. The van der Waals surface area contributed by atoms with Crippen LogP contribution in [-0.2, 0) is 11.3 Å². The lowest BCUT2D eigenvalue weighted by Crippen LogP contribution is -2.36. The number of amides is 1. The van der Waals surface area contributed by atoms with Gasteiger partial charge in [0.05, 0.1) is 0 Å². The molecule has 4 heteroatoms. The summed E-state index contributed by atoms with van der Waals surface area (Å²) in [6.45, 7) is 2.22. The van der Waals surface area contributed by atoms with Crippen LogP contribution in [0.25, 0.3) is 6.08 Å². The Labute approximate surface area is 149 Å². The highest BCUT2D eigenvalue weighted by Gasteiger charge is 2.57. The topological polar surface area (TPSA) is 52.6 Å². The molecule has 0 saturated heterocycles. The first-order valence-electron chi connectivity index (χ1n) is 9.46. The summed E-state index contributed by atoms with van der Waals surface area (Å²) in [5.74, 6) is 2.52. The molecular weight excluding hydrogens is 312 g/mol. The summed E-state index contributed by atoms with van der Waals surface area (Å²) in [6, 6.07) is 8.30. The third-order valence-electron chi connectivity index (χ3n) is 6.71. The molecule has 0 heterocycles. The third kappa shape index (κ3) is 3.38. The van der Waals surface area contributed by atoms with Gasteiger partial charge < -0.3 is 4.90 Å². The monoisotopic (exact) mass is 340 g/mol. The molecule has 0 spiro atoms. The molecule has 0 aromatic heterocycles. The number of hydroxylamine groups is 1. The molecule has 1 aromatic rings. The van der Waals surface area contributed by atoms with E-state index in [1.54, 1.807) is 11.6 Å². The number of carbonyl (C=O) groups excluding carboxylic acids is 1. The van der Waals surface area contributed by atoms with Gasteiger partial charge in [-0.25, -0.2) is 5.48 Å². The van der Waals surface area contributed by atoms with E-state index in [4.69, 9.17) is 5.21 Å². The average Bonchev–Trinajstić information content (AvgIpc) is 2.97. The minimum Gasteiger partial charge on any atom is -0.302 e. The normalized spacial score (nSPS) is 32.8. The predicted octanol–water partition coefficient (Wildman–Crippen LogP) is 3.46. The summed E-state index contributed by atoms with van der Waals surface area (Å²) in [5.41, 5.74) is 4.48. The highest BCUT2D eigenvalue weighted by atomic mass is 16.5. The van der Waals surface area contributed by atoms with Crippen molar-refractivity contribution in [3.05, 3.63) is 41.5 Å². The minimum atomic E-state index is -0.510. The molecular formula is C21H28N2O2. The van der Waals surface area contributed by atoms with Gasteiger partial charge in [0.15, 0.2) is 0 Å². The van der Waals surface area contributed by atoms with Gasteiger partial charge in [0, 0.05) is 19.2 Å². The maximum absolute atomic E-state index is 11.0. The van der Waals surface area contributed by atoms with Crippen molar-refractivity contribution in [3.63, 3.8) is 0 Å². The molecule has 4 aliphatic carbocycles. The van der Waals surface area contributed by atoms with Crippen molar-refractivity contribution in [3.8, 4) is 0 Å². The van der Waals surface area contributed by atoms with E-state index in [-0.39, 0.29) is 0 Å². The zero-order chi connectivity index (χ0) is 17.4. The van der Waals surface area contributed by atoms with Crippen LogP contribution >= 0.6 is 0 Å². The zero-order valence-corrected chi connectivity index (χ0v) is 14.9. The summed E-state index contributed by atoms with van der Waals surface area (Å²) >= 11 is 0. The molecule has 4 bridgehead atoms. The van der Waals surface area contributed by atoms with Crippen LogP contribution in [0.4, 0.5) is 0 Å². The lowest BCUT2D eigenvalue weighted by Gasteiger charge is -2.36. The second-order valence-corrected chi connectivity index (χ2v) is 8.63. The van der Waals surface area contributed by atoms with Gasteiger partial charge in [-0.2, -0.15) is 0 Å². The van der Waals surface area contributed by atoms with Crippen molar-refractivity contribution in [2.45, 2.75) is 38.6 Å². The van der Waals surface area contributed by atoms with Crippen LogP contribution in [0.15, 0.2) is 30.3 Å². The second-order valence-electron chi connectivity index (χ2n) is 8.63. The van der Waals surface area contributed by atoms with Gasteiger partial charge in [-0.3, -0.25) is 10.0 Å². The van der Waals surface area contributed by atoms with Gasteiger partial charge in [-0.1, -0.05) is 24.3 Å². The molecule has 2 unspecified atom stereocenters. The Morgan fingerprint density at radius 3 is 2.56 bits per heavy atom. The van der Waals surface area contributed by atoms with Gasteiger partial charge in [0.1, 0.15) is 0 Å². The molecule has 4 aliphatic rings. The Morgan fingerprint density at radius 1 is 1.24 bits per heavy atom. The molecule has 4 saturated carbocycles. The first-order chi connectivity index (χ1) is 12.1. The Balaban J connectivity index is 1.34. The molecule has 0 radical (unpaired) electrons. The highest BCUT2D eigenvalue weighted by Crippen LogP contribution is 2.65. The lowest BCUT2D eigenvalue weighted by molar-refractivity contribution is -0.124. The van der Waals surface area contributed by atoms with Gasteiger partial charge in [0.2, 0.25) is 0 Å². The predicted molar refractivity (Wildman–Crippen MR) is 97.7 cm³/mol. The highest BCUT2D eigenvalue weighted by molar-refractivity contribution is 5.90. The molecule has 25 heavy (non-hydrogen) atoms. The van der Waals surface area contributed by atoms with Gasteiger partial charge in [0.25, 0.3) is 5.91 Å². The molecule has 0 aliphatic heterocycles. The zero-order valence-electron chi connectivity index (χ0n) is 14.9. The molecule has 4 fully saturated rings. The maximum Gasteiger partial charge on any atom is 0.267 e. The fourth-order valence-corrected chi connectivity index (χ4v) is 6.07. The van der Waals surface area contributed by atoms with Crippen molar-refractivity contribution in [1.29, 1.82) is 0 Å². The molecule has 4 nitrogen and oxygen atoms in total. The smallest absolute Gasteiger partial charge is 0.267 e. The van der Waals surface area contributed by atoms with E-state index in [0.717, 1.165) is 29.9 Å². The molecule has 1 aromatic carbocycles. The van der Waals surface area contributed by atoms with Gasteiger partial charge in [-0.05, 0) is 79.5 Å². The fourth-order valence-electron chi connectivity index (χ4n) is 6.07. The summed E-state index contributed by atoms with van der Waals surface area (Å²) in [5, 5.41) is 8.50. The first kappa shape index (κ1) is 16.8. The van der Waals surface area contributed by atoms with Crippen LogP contribution < -0.4 is 5.48 Å². The summed E-state index contributed by atoms with van der Waals surface area (Å²) in [7, 11) is 2.26. The maximum atomic E-state index is 11.0. The molecule has 5 rings (SSSR count). The van der Waals surface area contributed by atoms with Crippen molar-refractivity contribution in [2.75, 3.05) is 13.6 Å². The average molecular weight is 340 g/mol. The van der Waals surface area contributed by atoms with Crippen LogP contribution in [0.5, 0.6) is 0 Å². The summed E-state index contributed by atoms with van der Waals surface area (Å²) in [6.07, 6.45) is 10.5. The molecule has 2 N–H and O–H groups in total. The largest absolute Gasteiger partial charge is 0.302 e. The van der Waals surface area contributed by atoms with Crippen LogP contribution in [-0.4, -0.2) is 29.6 Å². The Hall–Kier alpha value is -1.65. The third-order valence-corrected chi connectivity index (χ3v) is 6.71. The van der Waals surface area contributed by atoms with Crippen LogP contribution in [0.3, 0.4) is 0 Å². The van der Waals surface area contributed by atoms with Crippen molar-refractivity contribution in [2.24, 2.45) is 23.2 Å². The van der Waals surface area contributed by atoms with Crippen molar-refractivity contribution in [1.82, 2.24) is 10.4 Å². The standard InChI is InChI=1S/C21H28N2O2/c1-23(14-21-11-17-8-18(12-21)10-19(21)9-17)13-16-4-2-15(3-5-16)6-7-20(24)22-25/h2-7,17-19,25H,8-14H2,1H3,(H,22,24)/b7-6+. The summed E-state index contributed by atoms with van der Waals surface area (Å²) < 4.78 is 0. The van der Waals surface area contributed by atoms with E-state index in [1.165, 1.54) is 50.3 Å². The van der Waals surface area contributed by atoms with Gasteiger partial charge in [-0.15, -0.1) is 0 Å². The SMILES string of the molecule is CN(Cc1ccc(/C=C/C(=O)NO)cc1)CC12CC3CC(CC1C3)C2. The summed E-state index contributed by atoms with van der Waals surface area (Å²) in [4.78, 5) is 13.5. The molecule has 1 amide bonds. The number of rotatable bonds is 6. The van der Waals surface area contributed by atoms with Crippen LogP contribution in [0.2, 0.25) is 0 Å². The van der Waals surface area contributed by atoms with E-state index in [9.17, 15) is 4.79 Å². The minimum absolute atomic E-state index is 0.510. The number of nitrogens with zero attached hydrogens (tertiary/aromatic N) is 1. The van der Waals surface area contributed by atoms with Gasteiger partial charge >= 0.3 is 0 Å². The number of benzene rings is 1. The van der Waals surface area contributed by atoms with E-state index < -0.39 is 5.91 Å². The van der Waals surface area contributed by atoms with E-state index in [2.05, 4.69) is 24.1 Å². The van der Waals surface area contributed by atoms with E-state index >= 15 is 0 Å². The number of nitrogens with one attached hydrogen (secondary N) is 1. The number of carbonyl (C=O) groups is 1. The van der Waals surface area contributed by atoms with Crippen molar-refractivity contribution < 1.29 is 10.0 Å². The Bertz CT molecular complexity index is 653. The van der Waals surface area contributed by atoms with E-state index in [1.807, 2.05) is 12.1 Å². The first-order valence-corrected chi connectivity index (χ1v) is 9.46. The van der Waals surface area contributed by atoms with Crippen LogP contribution in [0, 0.1) is 23.2 Å².